The number of halogens is 1. The van der Waals surface area contributed by atoms with Crippen LogP contribution in [0.5, 0.6) is 0 Å². The fraction of sp³-hybridized carbons (Fsp3) is 0.130. The summed E-state index contributed by atoms with van der Waals surface area (Å²) in [6.45, 7) is 5.70. The molecule has 0 bridgehead atoms. The molecule has 2 aromatic carbocycles. The number of carbonyl (C=O) groups is 1. The number of hydrogen-bond acceptors (Lipinski definition) is 5. The molecule has 0 saturated carbocycles. The first-order valence-corrected chi connectivity index (χ1v) is 10.5. The Balaban J connectivity index is 1.55. The zero-order valence-electron chi connectivity index (χ0n) is 17.5. The van der Waals surface area contributed by atoms with Gasteiger partial charge in [0.1, 0.15) is 5.58 Å². The van der Waals surface area contributed by atoms with E-state index in [4.69, 9.17) is 4.42 Å². The highest BCUT2D eigenvalue weighted by Crippen LogP contribution is 2.26. The van der Waals surface area contributed by atoms with E-state index in [1.807, 2.05) is 43.5 Å². The van der Waals surface area contributed by atoms with E-state index in [0.29, 0.717) is 5.58 Å². The topological polar surface area (TPSA) is 103 Å². The Labute approximate surface area is 191 Å². The fourth-order valence-electron chi connectivity index (χ4n) is 3.63. The van der Waals surface area contributed by atoms with Crippen molar-refractivity contribution in [3.8, 4) is 5.69 Å². The van der Waals surface area contributed by atoms with Crippen LogP contribution in [-0.4, -0.2) is 21.6 Å². The van der Waals surface area contributed by atoms with Crippen molar-refractivity contribution in [2.24, 2.45) is 5.10 Å². The molecule has 0 unspecified atom stereocenters. The predicted molar refractivity (Wildman–Crippen MR) is 126 cm³/mol. The highest BCUT2D eigenvalue weighted by atomic mass is 79.9. The molecule has 0 aliphatic rings. The van der Waals surface area contributed by atoms with Crippen LogP contribution in [0.25, 0.3) is 16.7 Å². The van der Waals surface area contributed by atoms with Gasteiger partial charge in [-0.15, -0.1) is 0 Å². The second kappa shape index (κ2) is 8.43. The first kappa shape index (κ1) is 21.5. The number of hydrogen-bond donors (Lipinski definition) is 1. The van der Waals surface area contributed by atoms with E-state index in [2.05, 4.69) is 26.5 Å². The number of aryl methyl sites for hydroxylation is 2. The molecule has 0 radical (unpaired) electrons. The lowest BCUT2D eigenvalue weighted by molar-refractivity contribution is -0.384. The number of furan rings is 1. The largest absolute Gasteiger partial charge is 0.451 e. The van der Waals surface area contributed by atoms with Crippen molar-refractivity contribution in [2.75, 3.05) is 0 Å². The van der Waals surface area contributed by atoms with Gasteiger partial charge in [-0.2, -0.15) is 5.10 Å². The number of carbonyl (C=O) groups excluding carboxylic acids is 1. The number of amides is 1. The van der Waals surface area contributed by atoms with Crippen molar-refractivity contribution in [2.45, 2.75) is 20.8 Å². The smallest absolute Gasteiger partial charge is 0.307 e. The first-order valence-electron chi connectivity index (χ1n) is 9.71. The molecule has 9 heteroatoms. The van der Waals surface area contributed by atoms with Gasteiger partial charge in [0, 0.05) is 44.6 Å². The Bertz CT molecular complexity index is 1400. The zero-order chi connectivity index (χ0) is 23.0. The normalized spacial score (nSPS) is 11.4. The third kappa shape index (κ3) is 4.06. The number of hydrazone groups is 1. The number of benzene rings is 2. The summed E-state index contributed by atoms with van der Waals surface area (Å²) < 4.78 is 8.47. The Morgan fingerprint density at radius 1 is 1.16 bits per heavy atom. The lowest BCUT2D eigenvalue weighted by Gasteiger charge is -2.12. The molecular weight excluding hydrogens is 476 g/mol. The number of nitro groups is 1. The molecule has 4 aromatic rings. The summed E-state index contributed by atoms with van der Waals surface area (Å²) in [6, 6.07) is 13.9. The van der Waals surface area contributed by atoms with Crippen LogP contribution in [0.2, 0.25) is 0 Å². The van der Waals surface area contributed by atoms with Gasteiger partial charge < -0.3 is 8.98 Å². The van der Waals surface area contributed by atoms with Crippen molar-refractivity contribution in [1.82, 2.24) is 9.99 Å². The second-order valence-electron chi connectivity index (χ2n) is 7.38. The molecule has 8 nitrogen and oxygen atoms in total. The van der Waals surface area contributed by atoms with Crippen LogP contribution in [0.4, 0.5) is 5.69 Å². The summed E-state index contributed by atoms with van der Waals surface area (Å²) in [6.07, 6.45) is 1.57. The van der Waals surface area contributed by atoms with Crippen molar-refractivity contribution >= 4 is 44.7 Å². The van der Waals surface area contributed by atoms with E-state index in [0.717, 1.165) is 38.1 Å². The maximum absolute atomic E-state index is 12.4. The van der Waals surface area contributed by atoms with E-state index >= 15 is 0 Å². The first-order chi connectivity index (χ1) is 15.2. The Morgan fingerprint density at radius 3 is 2.66 bits per heavy atom. The zero-order valence-corrected chi connectivity index (χ0v) is 19.1. The van der Waals surface area contributed by atoms with Gasteiger partial charge in [-0.05, 0) is 62.7 Å². The van der Waals surface area contributed by atoms with Crippen molar-refractivity contribution in [1.29, 1.82) is 0 Å². The van der Waals surface area contributed by atoms with Crippen LogP contribution in [0.3, 0.4) is 0 Å². The average molecular weight is 495 g/mol. The molecule has 1 N–H and O–H groups in total. The number of non-ortho nitro benzene ring substituents is 1. The number of rotatable bonds is 5. The standard InChI is InChI=1S/C23H19BrN4O4/c1-13-8-19(28(30)31)5-6-20(13)27-14(2)9-17(15(27)3)12-25-26-23(29)22-11-16-10-18(24)4-7-21(16)32-22/h4-12H,1-3H3,(H,26,29)/b25-12+. The van der Waals surface area contributed by atoms with Gasteiger partial charge in [0.25, 0.3) is 5.69 Å². The van der Waals surface area contributed by atoms with E-state index in [1.165, 1.54) is 6.07 Å². The molecule has 1 amide bonds. The molecule has 0 atom stereocenters. The Kier molecular flexibility index (Phi) is 5.67. The number of nitro benzene ring substituents is 1. The maximum Gasteiger partial charge on any atom is 0.307 e. The summed E-state index contributed by atoms with van der Waals surface area (Å²) >= 11 is 3.39. The minimum Gasteiger partial charge on any atom is -0.451 e. The average Bonchev–Trinajstić information content (AvgIpc) is 3.28. The minimum absolute atomic E-state index is 0.0520. The van der Waals surface area contributed by atoms with Crippen molar-refractivity contribution in [3.05, 3.63) is 91.4 Å². The molecule has 0 saturated heterocycles. The van der Waals surface area contributed by atoms with Gasteiger partial charge >= 0.3 is 5.91 Å². The van der Waals surface area contributed by atoms with Gasteiger partial charge in [-0.1, -0.05) is 15.9 Å². The van der Waals surface area contributed by atoms with Crippen LogP contribution >= 0.6 is 15.9 Å². The van der Waals surface area contributed by atoms with Gasteiger partial charge in [-0.25, -0.2) is 5.43 Å². The van der Waals surface area contributed by atoms with Gasteiger partial charge in [-0.3, -0.25) is 14.9 Å². The summed E-state index contributed by atoms with van der Waals surface area (Å²) in [5.74, 6) is -0.282. The SMILES string of the molecule is Cc1cc([N+](=O)[O-])ccc1-n1c(C)cc(/C=N/NC(=O)c2cc3cc(Br)ccc3o2)c1C. The van der Waals surface area contributed by atoms with Crippen LogP contribution in [0.15, 0.2) is 62.5 Å². The van der Waals surface area contributed by atoms with Gasteiger partial charge in [0.2, 0.25) is 0 Å². The summed E-state index contributed by atoms with van der Waals surface area (Å²) in [4.78, 5) is 23.0. The number of nitrogens with one attached hydrogen (secondary N) is 1. The molecule has 2 aromatic heterocycles. The van der Waals surface area contributed by atoms with Crippen LogP contribution < -0.4 is 5.43 Å². The Hall–Kier alpha value is -3.72. The van der Waals surface area contributed by atoms with E-state index in [9.17, 15) is 14.9 Å². The van der Waals surface area contributed by atoms with Crippen LogP contribution in [0, 0.1) is 30.9 Å². The third-order valence-corrected chi connectivity index (χ3v) is 5.67. The van der Waals surface area contributed by atoms with Crippen LogP contribution in [0.1, 0.15) is 33.1 Å². The monoisotopic (exact) mass is 494 g/mol. The molecule has 0 fully saturated rings. The van der Waals surface area contributed by atoms with E-state index in [-0.39, 0.29) is 11.4 Å². The summed E-state index contributed by atoms with van der Waals surface area (Å²) in [7, 11) is 0. The predicted octanol–water partition coefficient (Wildman–Crippen LogP) is 5.58. The number of nitrogens with zero attached hydrogens (tertiary/aromatic N) is 3. The molecule has 0 aliphatic heterocycles. The highest BCUT2D eigenvalue weighted by molar-refractivity contribution is 9.10. The van der Waals surface area contributed by atoms with Gasteiger partial charge in [0.05, 0.1) is 11.1 Å². The molecule has 2 heterocycles. The lowest BCUT2D eigenvalue weighted by atomic mass is 10.1. The Morgan fingerprint density at radius 2 is 1.94 bits per heavy atom. The third-order valence-electron chi connectivity index (χ3n) is 5.17. The fourth-order valence-corrected chi connectivity index (χ4v) is 4.01. The van der Waals surface area contributed by atoms with Gasteiger partial charge in [0.15, 0.2) is 5.76 Å². The maximum atomic E-state index is 12.4. The quantitative estimate of drug-likeness (QED) is 0.222. The molecule has 162 valence electrons. The van der Waals surface area contributed by atoms with Crippen molar-refractivity contribution < 1.29 is 14.1 Å². The van der Waals surface area contributed by atoms with E-state index in [1.54, 1.807) is 30.5 Å². The molecule has 0 aliphatic carbocycles. The molecule has 32 heavy (non-hydrogen) atoms. The number of fused-ring (bicyclic) bond motifs is 1. The second-order valence-corrected chi connectivity index (χ2v) is 8.30. The number of aromatic nitrogens is 1. The molecular formula is C23H19BrN4O4. The lowest BCUT2D eigenvalue weighted by Crippen LogP contribution is -2.16. The summed E-state index contributed by atoms with van der Waals surface area (Å²) in [5.41, 5.74) is 7.44. The van der Waals surface area contributed by atoms with E-state index < -0.39 is 10.8 Å². The minimum atomic E-state index is -0.450. The molecule has 4 rings (SSSR count). The summed E-state index contributed by atoms with van der Waals surface area (Å²) in [5, 5.41) is 15.9. The van der Waals surface area contributed by atoms with Crippen LogP contribution in [-0.2, 0) is 0 Å². The van der Waals surface area contributed by atoms with Crippen molar-refractivity contribution in [3.63, 3.8) is 0 Å². The highest BCUT2D eigenvalue weighted by Gasteiger charge is 2.15. The molecule has 0 spiro atoms.